The van der Waals surface area contributed by atoms with Gasteiger partial charge in [-0.25, -0.2) is 0 Å². The van der Waals surface area contributed by atoms with Crippen molar-refractivity contribution in [2.75, 3.05) is 0 Å². The molecule has 0 bridgehead atoms. The summed E-state index contributed by atoms with van der Waals surface area (Å²) in [6, 6.07) is 8.71. The molecular weight excluding hydrogens is 234 g/mol. The van der Waals surface area contributed by atoms with Gasteiger partial charge in [-0.1, -0.05) is 29.8 Å². The Hall–Kier alpha value is -1.31. The summed E-state index contributed by atoms with van der Waals surface area (Å²) in [5.74, 6) is 2.04. The number of nitrogens with one attached hydrogen (secondary N) is 1. The van der Waals surface area contributed by atoms with Crippen LogP contribution in [0.5, 0.6) is 0 Å². The number of rotatable bonds is 3. The summed E-state index contributed by atoms with van der Waals surface area (Å²) < 4.78 is 0. The SMILES string of the molecule is Cc1ccc(C(C)C(=O)NC2CCC3CC3C2)cc1. The van der Waals surface area contributed by atoms with Crippen LogP contribution in [0.4, 0.5) is 0 Å². The molecule has 4 unspecified atom stereocenters. The standard InChI is InChI=1S/C17H23NO/c1-11-3-5-13(6-4-11)12(2)17(19)18-16-8-7-14-9-15(14)10-16/h3-6,12,14-16H,7-10H2,1-2H3,(H,18,19). The molecule has 0 aliphatic heterocycles. The van der Waals surface area contributed by atoms with Crippen LogP contribution in [0.2, 0.25) is 0 Å². The molecule has 2 nitrogen and oxygen atoms in total. The van der Waals surface area contributed by atoms with Gasteiger partial charge >= 0.3 is 0 Å². The van der Waals surface area contributed by atoms with Crippen LogP contribution in [0.25, 0.3) is 0 Å². The van der Waals surface area contributed by atoms with E-state index in [0.717, 1.165) is 17.4 Å². The first kappa shape index (κ1) is 12.7. The van der Waals surface area contributed by atoms with Crippen molar-refractivity contribution >= 4 is 5.91 Å². The molecule has 1 aromatic rings. The average molecular weight is 257 g/mol. The molecule has 0 aromatic heterocycles. The van der Waals surface area contributed by atoms with E-state index >= 15 is 0 Å². The van der Waals surface area contributed by atoms with Crippen LogP contribution in [0.1, 0.15) is 49.7 Å². The molecule has 2 aliphatic rings. The van der Waals surface area contributed by atoms with Crippen LogP contribution in [-0.4, -0.2) is 11.9 Å². The van der Waals surface area contributed by atoms with E-state index in [1.165, 1.54) is 31.2 Å². The molecule has 2 saturated carbocycles. The zero-order chi connectivity index (χ0) is 13.4. The third-order valence-electron chi connectivity index (χ3n) is 4.86. The van der Waals surface area contributed by atoms with Gasteiger partial charge in [0.25, 0.3) is 0 Å². The Morgan fingerprint density at radius 1 is 1.16 bits per heavy atom. The van der Waals surface area contributed by atoms with Gasteiger partial charge in [0.15, 0.2) is 0 Å². The molecule has 1 aromatic carbocycles. The molecule has 0 saturated heterocycles. The summed E-state index contributed by atoms with van der Waals surface area (Å²) in [4.78, 5) is 12.3. The molecule has 4 atom stereocenters. The van der Waals surface area contributed by atoms with Crippen LogP contribution in [0.3, 0.4) is 0 Å². The van der Waals surface area contributed by atoms with Crippen LogP contribution in [0.15, 0.2) is 24.3 Å². The first-order chi connectivity index (χ1) is 9.13. The number of hydrogen-bond acceptors (Lipinski definition) is 1. The van der Waals surface area contributed by atoms with Crippen molar-refractivity contribution in [3.8, 4) is 0 Å². The van der Waals surface area contributed by atoms with Crippen molar-refractivity contribution in [3.63, 3.8) is 0 Å². The van der Waals surface area contributed by atoms with Crippen molar-refractivity contribution in [1.82, 2.24) is 5.32 Å². The molecule has 2 fully saturated rings. The number of amides is 1. The Labute approximate surface area is 115 Å². The fraction of sp³-hybridized carbons (Fsp3) is 0.588. The topological polar surface area (TPSA) is 29.1 Å². The first-order valence-corrected chi connectivity index (χ1v) is 7.50. The summed E-state index contributed by atoms with van der Waals surface area (Å²) in [5, 5.41) is 3.25. The lowest BCUT2D eigenvalue weighted by Crippen LogP contribution is -2.39. The number of benzene rings is 1. The van der Waals surface area contributed by atoms with Crippen molar-refractivity contribution in [3.05, 3.63) is 35.4 Å². The molecule has 1 N–H and O–H groups in total. The summed E-state index contributed by atoms with van der Waals surface area (Å²) in [6.45, 7) is 4.07. The Bertz CT molecular complexity index is 465. The predicted molar refractivity (Wildman–Crippen MR) is 77.0 cm³/mol. The van der Waals surface area contributed by atoms with Gasteiger partial charge in [-0.05, 0) is 56.9 Å². The molecule has 0 radical (unpaired) electrons. The Morgan fingerprint density at radius 2 is 1.89 bits per heavy atom. The molecule has 0 heterocycles. The second-order valence-electron chi connectivity index (χ2n) is 6.41. The fourth-order valence-corrected chi connectivity index (χ4v) is 3.31. The number of fused-ring (bicyclic) bond motifs is 1. The molecule has 3 rings (SSSR count). The monoisotopic (exact) mass is 257 g/mol. The average Bonchev–Trinajstić information content (AvgIpc) is 3.17. The zero-order valence-corrected chi connectivity index (χ0v) is 11.9. The van der Waals surface area contributed by atoms with E-state index in [2.05, 4.69) is 36.5 Å². The van der Waals surface area contributed by atoms with E-state index in [1.807, 2.05) is 6.92 Å². The Kier molecular flexibility index (Phi) is 3.34. The van der Waals surface area contributed by atoms with Gasteiger partial charge in [0.05, 0.1) is 5.92 Å². The minimum Gasteiger partial charge on any atom is -0.353 e. The van der Waals surface area contributed by atoms with Crippen molar-refractivity contribution in [1.29, 1.82) is 0 Å². The van der Waals surface area contributed by atoms with Gasteiger partial charge in [0, 0.05) is 6.04 Å². The summed E-state index contributed by atoms with van der Waals surface area (Å²) in [7, 11) is 0. The summed E-state index contributed by atoms with van der Waals surface area (Å²) in [5.41, 5.74) is 2.35. The highest BCUT2D eigenvalue weighted by Crippen LogP contribution is 2.49. The normalized spacial score (nSPS) is 30.3. The highest BCUT2D eigenvalue weighted by molar-refractivity contribution is 5.83. The second-order valence-corrected chi connectivity index (χ2v) is 6.41. The molecule has 0 spiro atoms. The van der Waals surface area contributed by atoms with Gasteiger partial charge in [-0.15, -0.1) is 0 Å². The van der Waals surface area contributed by atoms with Crippen molar-refractivity contribution < 1.29 is 4.79 Å². The third-order valence-corrected chi connectivity index (χ3v) is 4.86. The molecule has 1 amide bonds. The highest BCUT2D eigenvalue weighted by atomic mass is 16.1. The Morgan fingerprint density at radius 3 is 2.58 bits per heavy atom. The van der Waals surface area contributed by atoms with Crippen LogP contribution < -0.4 is 5.32 Å². The quantitative estimate of drug-likeness (QED) is 0.883. The lowest BCUT2D eigenvalue weighted by Gasteiger charge is -2.24. The lowest BCUT2D eigenvalue weighted by atomic mass is 9.94. The minimum absolute atomic E-state index is 0.0440. The first-order valence-electron chi connectivity index (χ1n) is 7.50. The molecule has 19 heavy (non-hydrogen) atoms. The van der Waals surface area contributed by atoms with E-state index in [-0.39, 0.29) is 11.8 Å². The minimum atomic E-state index is -0.0440. The van der Waals surface area contributed by atoms with Gasteiger partial charge in [-0.2, -0.15) is 0 Å². The summed E-state index contributed by atoms with van der Waals surface area (Å²) >= 11 is 0. The fourth-order valence-electron chi connectivity index (χ4n) is 3.31. The van der Waals surface area contributed by atoms with Crippen LogP contribution in [0, 0.1) is 18.8 Å². The molecular formula is C17H23NO. The number of hydrogen-bond donors (Lipinski definition) is 1. The maximum atomic E-state index is 12.3. The smallest absolute Gasteiger partial charge is 0.227 e. The summed E-state index contributed by atoms with van der Waals surface area (Å²) in [6.07, 6.45) is 5.10. The largest absolute Gasteiger partial charge is 0.353 e. The van der Waals surface area contributed by atoms with E-state index in [1.54, 1.807) is 0 Å². The van der Waals surface area contributed by atoms with E-state index in [9.17, 15) is 4.79 Å². The lowest BCUT2D eigenvalue weighted by molar-refractivity contribution is -0.123. The maximum Gasteiger partial charge on any atom is 0.227 e. The predicted octanol–water partition coefficient (Wildman–Crippen LogP) is 3.40. The molecule has 102 valence electrons. The highest BCUT2D eigenvalue weighted by Gasteiger charge is 2.42. The Balaban J connectivity index is 1.58. The number of carbonyl (C=O) groups is 1. The number of carbonyl (C=O) groups excluding carboxylic acids is 1. The van der Waals surface area contributed by atoms with Crippen LogP contribution in [-0.2, 0) is 4.79 Å². The van der Waals surface area contributed by atoms with Gasteiger partial charge in [0.2, 0.25) is 5.91 Å². The van der Waals surface area contributed by atoms with Crippen LogP contribution >= 0.6 is 0 Å². The van der Waals surface area contributed by atoms with E-state index in [4.69, 9.17) is 0 Å². The van der Waals surface area contributed by atoms with E-state index in [0.29, 0.717) is 6.04 Å². The molecule has 2 aliphatic carbocycles. The van der Waals surface area contributed by atoms with Crippen molar-refractivity contribution in [2.24, 2.45) is 11.8 Å². The van der Waals surface area contributed by atoms with Gasteiger partial charge in [0.1, 0.15) is 0 Å². The third kappa shape index (κ3) is 2.83. The number of aryl methyl sites for hydroxylation is 1. The van der Waals surface area contributed by atoms with Gasteiger partial charge in [-0.3, -0.25) is 4.79 Å². The van der Waals surface area contributed by atoms with E-state index < -0.39 is 0 Å². The van der Waals surface area contributed by atoms with Gasteiger partial charge < -0.3 is 5.32 Å². The molecule has 2 heteroatoms. The maximum absolute atomic E-state index is 12.3. The second kappa shape index (κ2) is 4.99. The zero-order valence-electron chi connectivity index (χ0n) is 11.9. The van der Waals surface area contributed by atoms with Crippen molar-refractivity contribution in [2.45, 2.75) is 51.5 Å².